The predicted octanol–water partition coefficient (Wildman–Crippen LogP) is 9.64. The lowest BCUT2D eigenvalue weighted by atomic mass is 9.47. The molecule has 42 heavy (non-hydrogen) atoms. The lowest BCUT2D eigenvalue weighted by molar-refractivity contribution is -0.123. The Kier molecular flexibility index (Phi) is 11.9. The van der Waals surface area contributed by atoms with E-state index in [2.05, 4.69) is 39.1 Å². The van der Waals surface area contributed by atoms with Crippen LogP contribution in [0.2, 0.25) is 0 Å². The van der Waals surface area contributed by atoms with Gasteiger partial charge in [0.05, 0.1) is 6.61 Å². The molecule has 7 unspecified atom stereocenters. The van der Waals surface area contributed by atoms with E-state index < -0.39 is 6.16 Å². The van der Waals surface area contributed by atoms with E-state index in [1.807, 2.05) is 13.8 Å². The number of hydrogen-bond donors (Lipinski definition) is 1. The Morgan fingerprint density at radius 2 is 1.71 bits per heavy atom. The molecule has 0 heterocycles. The van der Waals surface area contributed by atoms with Crippen LogP contribution in [0, 0.1) is 46.3 Å². The molecule has 240 valence electrons. The topological polar surface area (TPSA) is 64.6 Å². The largest absolute Gasteiger partial charge is 0.508 e. The molecule has 3 saturated carbocycles. The highest BCUT2D eigenvalue weighted by Crippen LogP contribution is 2.66. The van der Waals surface area contributed by atoms with Gasteiger partial charge in [-0.15, -0.1) is 0 Å². The van der Waals surface area contributed by atoms with Crippen LogP contribution in [0.3, 0.4) is 0 Å². The molecule has 0 aromatic heterocycles. The molecule has 4 rings (SSSR count). The number of unbranched alkanes of at least 4 members (excludes halogenated alkanes) is 4. The molecule has 5 heteroatoms. The summed E-state index contributed by atoms with van der Waals surface area (Å²) in [7, 11) is 0. The van der Waals surface area contributed by atoms with Crippen molar-refractivity contribution in [3.05, 3.63) is 11.6 Å². The van der Waals surface area contributed by atoms with Gasteiger partial charge in [-0.1, -0.05) is 78.9 Å². The molecule has 1 N–H and O–H groups in total. The Labute approximate surface area is 257 Å². The van der Waals surface area contributed by atoms with Crippen molar-refractivity contribution < 1.29 is 19.1 Å². The Bertz CT molecular complexity index is 927. The van der Waals surface area contributed by atoms with Crippen molar-refractivity contribution in [2.24, 2.45) is 46.3 Å². The van der Waals surface area contributed by atoms with Crippen molar-refractivity contribution in [3.8, 4) is 0 Å². The molecule has 0 spiro atoms. The minimum Gasteiger partial charge on any atom is -0.434 e. The SMILES string of the molecule is CC(C)CCCCC1CCC2C3CC=C4CC(OC(=O)OCCCCCCNC(=O)C(C)C)CCC4(C)C3CCC12C. The first kappa shape index (κ1) is 33.4. The number of ether oxygens (including phenoxy) is 2. The number of carbonyl (C=O) groups excluding carboxylic acids is 2. The van der Waals surface area contributed by atoms with Crippen molar-refractivity contribution >= 4 is 12.1 Å². The van der Waals surface area contributed by atoms with Gasteiger partial charge in [-0.2, -0.15) is 0 Å². The smallest absolute Gasteiger partial charge is 0.434 e. The lowest BCUT2D eigenvalue weighted by Crippen LogP contribution is -2.50. The molecule has 0 bridgehead atoms. The van der Waals surface area contributed by atoms with E-state index in [1.54, 1.807) is 5.57 Å². The summed E-state index contributed by atoms with van der Waals surface area (Å²) in [4.78, 5) is 24.1. The van der Waals surface area contributed by atoms with Gasteiger partial charge in [-0.3, -0.25) is 4.79 Å². The van der Waals surface area contributed by atoms with Crippen LogP contribution in [0.1, 0.15) is 144 Å². The maximum Gasteiger partial charge on any atom is 0.508 e. The van der Waals surface area contributed by atoms with Crippen LogP contribution in [0.15, 0.2) is 11.6 Å². The van der Waals surface area contributed by atoms with Crippen LogP contribution in [0.4, 0.5) is 4.79 Å². The van der Waals surface area contributed by atoms with Gasteiger partial charge >= 0.3 is 6.16 Å². The number of amides is 1. The van der Waals surface area contributed by atoms with Gasteiger partial charge in [0.15, 0.2) is 0 Å². The Hall–Kier alpha value is -1.52. The first-order valence-electron chi connectivity index (χ1n) is 17.8. The van der Waals surface area contributed by atoms with Crippen molar-refractivity contribution in [1.82, 2.24) is 5.32 Å². The zero-order valence-corrected chi connectivity index (χ0v) is 28.0. The number of nitrogens with one attached hydrogen (secondary N) is 1. The first-order valence-corrected chi connectivity index (χ1v) is 17.8. The van der Waals surface area contributed by atoms with Crippen molar-refractivity contribution in [2.45, 2.75) is 150 Å². The third-order valence-electron chi connectivity index (χ3n) is 12.2. The Balaban J connectivity index is 1.19. The number of allylic oxidation sites excluding steroid dienone is 1. The van der Waals surface area contributed by atoms with Gasteiger partial charge in [-0.05, 0) is 111 Å². The molecule has 0 saturated heterocycles. The van der Waals surface area contributed by atoms with Crippen LogP contribution in [0.25, 0.3) is 0 Å². The van der Waals surface area contributed by atoms with E-state index in [1.165, 1.54) is 57.8 Å². The highest BCUT2D eigenvalue weighted by molar-refractivity contribution is 5.77. The van der Waals surface area contributed by atoms with Crippen molar-refractivity contribution in [1.29, 1.82) is 0 Å². The Morgan fingerprint density at radius 3 is 2.48 bits per heavy atom. The molecule has 5 nitrogen and oxygen atoms in total. The van der Waals surface area contributed by atoms with Crippen LogP contribution in [0.5, 0.6) is 0 Å². The van der Waals surface area contributed by atoms with E-state index in [4.69, 9.17) is 9.47 Å². The fourth-order valence-corrected chi connectivity index (χ4v) is 9.58. The van der Waals surface area contributed by atoms with E-state index in [9.17, 15) is 9.59 Å². The minimum absolute atomic E-state index is 0.0336. The second-order valence-electron chi connectivity index (χ2n) is 15.7. The number of fused-ring (bicyclic) bond motifs is 5. The fraction of sp³-hybridized carbons (Fsp3) is 0.892. The third kappa shape index (κ3) is 7.95. The number of carbonyl (C=O) groups is 2. The van der Waals surface area contributed by atoms with E-state index in [0.717, 1.165) is 81.1 Å². The molecule has 3 fully saturated rings. The van der Waals surface area contributed by atoms with Crippen LogP contribution >= 0.6 is 0 Å². The molecule has 0 aromatic rings. The molecular formula is C37H63NO4. The third-order valence-corrected chi connectivity index (χ3v) is 12.2. The quantitative estimate of drug-likeness (QED) is 0.125. The van der Waals surface area contributed by atoms with Gasteiger partial charge < -0.3 is 14.8 Å². The highest BCUT2D eigenvalue weighted by atomic mass is 16.7. The standard InChI is InChI=1S/C37H63NO4/c1-26(2)13-9-10-14-28-16-18-32-31-17-15-29-25-30(19-21-37(29,6)33(31)20-22-36(28,32)5)42-35(40)41-24-12-8-7-11-23-38-34(39)27(3)4/h15,26-28,30-33H,7-14,16-25H2,1-6H3,(H,38,39). The molecular weight excluding hydrogens is 522 g/mol. The lowest BCUT2D eigenvalue weighted by Gasteiger charge is -2.58. The minimum atomic E-state index is -0.499. The highest BCUT2D eigenvalue weighted by Gasteiger charge is 2.58. The summed E-state index contributed by atoms with van der Waals surface area (Å²) in [5.41, 5.74) is 2.39. The van der Waals surface area contributed by atoms with Gasteiger partial charge in [0, 0.05) is 18.9 Å². The van der Waals surface area contributed by atoms with Crippen molar-refractivity contribution in [2.75, 3.05) is 13.2 Å². The maximum absolute atomic E-state index is 12.5. The van der Waals surface area contributed by atoms with Gasteiger partial charge in [0.25, 0.3) is 0 Å². The first-order chi connectivity index (χ1) is 20.0. The zero-order valence-electron chi connectivity index (χ0n) is 28.0. The summed E-state index contributed by atoms with van der Waals surface area (Å²) in [5.74, 6) is 4.44. The van der Waals surface area contributed by atoms with Crippen LogP contribution in [-0.2, 0) is 14.3 Å². The molecule has 4 aliphatic carbocycles. The number of hydrogen-bond acceptors (Lipinski definition) is 4. The van der Waals surface area contributed by atoms with E-state index >= 15 is 0 Å². The van der Waals surface area contributed by atoms with Crippen LogP contribution in [-0.4, -0.2) is 31.3 Å². The van der Waals surface area contributed by atoms with E-state index in [0.29, 0.717) is 12.0 Å². The average molecular weight is 586 g/mol. The van der Waals surface area contributed by atoms with Gasteiger partial charge in [-0.25, -0.2) is 4.79 Å². The maximum atomic E-state index is 12.5. The monoisotopic (exact) mass is 585 g/mol. The second-order valence-corrected chi connectivity index (χ2v) is 15.7. The summed E-state index contributed by atoms with van der Waals surface area (Å²) >= 11 is 0. The van der Waals surface area contributed by atoms with Gasteiger partial charge in [0.2, 0.25) is 5.91 Å². The number of rotatable bonds is 14. The summed E-state index contributed by atoms with van der Waals surface area (Å²) in [5, 5.41) is 2.95. The summed E-state index contributed by atoms with van der Waals surface area (Å²) in [6.07, 6.45) is 21.4. The van der Waals surface area contributed by atoms with E-state index in [-0.39, 0.29) is 23.3 Å². The fourth-order valence-electron chi connectivity index (χ4n) is 9.58. The Morgan fingerprint density at radius 1 is 0.929 bits per heavy atom. The molecule has 1 amide bonds. The zero-order chi connectivity index (χ0) is 30.3. The van der Waals surface area contributed by atoms with Crippen LogP contribution < -0.4 is 5.32 Å². The second kappa shape index (κ2) is 15.0. The summed E-state index contributed by atoms with van der Waals surface area (Å²) in [6, 6.07) is 0. The molecule has 0 radical (unpaired) electrons. The summed E-state index contributed by atoms with van der Waals surface area (Å²) in [6.45, 7) is 14.9. The normalized spacial score (nSPS) is 33.9. The molecule has 0 aromatic carbocycles. The summed E-state index contributed by atoms with van der Waals surface area (Å²) < 4.78 is 11.3. The molecule has 7 atom stereocenters. The predicted molar refractivity (Wildman–Crippen MR) is 171 cm³/mol. The molecule has 4 aliphatic rings. The van der Waals surface area contributed by atoms with Crippen molar-refractivity contribution in [3.63, 3.8) is 0 Å². The average Bonchev–Trinajstić information content (AvgIpc) is 3.28. The molecule has 0 aliphatic heterocycles. The van der Waals surface area contributed by atoms with Gasteiger partial charge in [0.1, 0.15) is 6.10 Å².